The lowest BCUT2D eigenvalue weighted by atomic mass is 10.1. The summed E-state index contributed by atoms with van der Waals surface area (Å²) >= 11 is 0. The molecule has 0 bridgehead atoms. The average Bonchev–Trinajstić information content (AvgIpc) is 2.04. The third kappa shape index (κ3) is 3.65. The summed E-state index contributed by atoms with van der Waals surface area (Å²) in [5, 5.41) is 0. The second-order valence-electron chi connectivity index (χ2n) is 3.21. The number of hydrogen-bond acceptors (Lipinski definition) is 2. The molecule has 0 radical (unpaired) electrons. The summed E-state index contributed by atoms with van der Waals surface area (Å²) in [4.78, 5) is 15.3. The summed E-state index contributed by atoms with van der Waals surface area (Å²) in [5.41, 5.74) is 1.88. The van der Waals surface area contributed by atoms with E-state index in [1.807, 2.05) is 19.1 Å². The topological polar surface area (TPSA) is 30.0 Å². The van der Waals surface area contributed by atoms with Gasteiger partial charge >= 0.3 is 0 Å². The summed E-state index contributed by atoms with van der Waals surface area (Å²) in [7, 11) is 0. The fourth-order valence-electron chi connectivity index (χ4n) is 1.13. The lowest BCUT2D eigenvalue weighted by molar-refractivity contribution is -0.117. The molecule has 0 spiro atoms. The summed E-state index contributed by atoms with van der Waals surface area (Å²) in [6.07, 6.45) is 4.35. The standard InChI is InChI=1S/C11H13NO/c1-9(2)6-11(13)7-10-4-3-5-12-8-10/h3-5,8H,1,6-7H2,2H3. The molecular formula is C11H13NO. The van der Waals surface area contributed by atoms with Crippen LogP contribution in [0, 0.1) is 0 Å². The molecule has 0 saturated carbocycles. The highest BCUT2D eigenvalue weighted by Gasteiger charge is 2.02. The number of carbonyl (C=O) groups is 1. The van der Waals surface area contributed by atoms with Crippen molar-refractivity contribution in [3.8, 4) is 0 Å². The van der Waals surface area contributed by atoms with Crippen LogP contribution in [-0.4, -0.2) is 10.8 Å². The molecule has 0 fully saturated rings. The van der Waals surface area contributed by atoms with Crippen LogP contribution in [0.3, 0.4) is 0 Å². The molecule has 0 amide bonds. The molecule has 0 saturated heterocycles. The number of Topliss-reactive ketones (excluding diaryl/α,β-unsaturated/α-hetero) is 1. The molecule has 2 heteroatoms. The highest BCUT2D eigenvalue weighted by molar-refractivity contribution is 5.82. The Morgan fingerprint density at radius 3 is 2.92 bits per heavy atom. The van der Waals surface area contributed by atoms with Gasteiger partial charge in [0.1, 0.15) is 5.78 Å². The van der Waals surface area contributed by atoms with Gasteiger partial charge in [0.05, 0.1) is 0 Å². The van der Waals surface area contributed by atoms with E-state index in [9.17, 15) is 4.79 Å². The third-order valence-electron chi connectivity index (χ3n) is 1.62. The molecule has 0 aromatic carbocycles. The van der Waals surface area contributed by atoms with Crippen LogP contribution in [0.25, 0.3) is 0 Å². The van der Waals surface area contributed by atoms with Crippen molar-refractivity contribution in [3.05, 3.63) is 42.2 Å². The third-order valence-corrected chi connectivity index (χ3v) is 1.62. The Balaban J connectivity index is 2.50. The van der Waals surface area contributed by atoms with Crippen LogP contribution in [0.2, 0.25) is 0 Å². The zero-order valence-corrected chi connectivity index (χ0v) is 7.79. The maximum absolute atomic E-state index is 11.3. The Kier molecular flexibility index (Phi) is 3.38. The quantitative estimate of drug-likeness (QED) is 0.656. The van der Waals surface area contributed by atoms with Gasteiger partial charge in [-0.05, 0) is 18.6 Å². The van der Waals surface area contributed by atoms with Crippen LogP contribution < -0.4 is 0 Å². The number of aromatic nitrogens is 1. The molecule has 0 aliphatic heterocycles. The van der Waals surface area contributed by atoms with Gasteiger partial charge in [-0.15, -0.1) is 0 Å². The van der Waals surface area contributed by atoms with Gasteiger partial charge in [-0.1, -0.05) is 18.2 Å². The highest BCUT2D eigenvalue weighted by atomic mass is 16.1. The monoisotopic (exact) mass is 175 g/mol. The van der Waals surface area contributed by atoms with Crippen LogP contribution in [0.4, 0.5) is 0 Å². The van der Waals surface area contributed by atoms with Crippen molar-refractivity contribution in [2.45, 2.75) is 19.8 Å². The maximum Gasteiger partial charge on any atom is 0.141 e. The van der Waals surface area contributed by atoms with Gasteiger partial charge in [0.15, 0.2) is 0 Å². The molecule has 1 rings (SSSR count). The van der Waals surface area contributed by atoms with Crippen molar-refractivity contribution in [3.63, 3.8) is 0 Å². The Morgan fingerprint density at radius 1 is 1.62 bits per heavy atom. The molecule has 13 heavy (non-hydrogen) atoms. The molecule has 68 valence electrons. The van der Waals surface area contributed by atoms with E-state index in [0.29, 0.717) is 12.8 Å². The minimum Gasteiger partial charge on any atom is -0.299 e. The Hall–Kier alpha value is -1.44. The fourth-order valence-corrected chi connectivity index (χ4v) is 1.13. The molecule has 1 aromatic heterocycles. The van der Waals surface area contributed by atoms with Crippen molar-refractivity contribution in [1.29, 1.82) is 0 Å². The molecule has 0 atom stereocenters. The van der Waals surface area contributed by atoms with Gasteiger partial charge in [0.25, 0.3) is 0 Å². The van der Waals surface area contributed by atoms with E-state index in [1.54, 1.807) is 12.4 Å². The first-order valence-electron chi connectivity index (χ1n) is 4.23. The van der Waals surface area contributed by atoms with Crippen molar-refractivity contribution >= 4 is 5.78 Å². The van der Waals surface area contributed by atoms with Crippen molar-refractivity contribution in [1.82, 2.24) is 4.98 Å². The van der Waals surface area contributed by atoms with E-state index in [2.05, 4.69) is 11.6 Å². The fraction of sp³-hybridized carbons (Fsp3) is 0.273. The smallest absolute Gasteiger partial charge is 0.141 e. The number of ketones is 1. The van der Waals surface area contributed by atoms with Gasteiger partial charge < -0.3 is 0 Å². The van der Waals surface area contributed by atoms with Crippen LogP contribution in [0.1, 0.15) is 18.9 Å². The number of hydrogen-bond donors (Lipinski definition) is 0. The van der Waals surface area contributed by atoms with E-state index in [0.717, 1.165) is 11.1 Å². The predicted octanol–water partition coefficient (Wildman–Crippen LogP) is 2.16. The van der Waals surface area contributed by atoms with E-state index >= 15 is 0 Å². The largest absolute Gasteiger partial charge is 0.299 e. The number of nitrogens with zero attached hydrogens (tertiary/aromatic N) is 1. The molecule has 1 heterocycles. The highest BCUT2D eigenvalue weighted by Crippen LogP contribution is 2.03. The van der Waals surface area contributed by atoms with Gasteiger partial charge in [-0.2, -0.15) is 0 Å². The second-order valence-corrected chi connectivity index (χ2v) is 3.21. The first kappa shape index (κ1) is 9.65. The summed E-state index contributed by atoms with van der Waals surface area (Å²) in [6.45, 7) is 5.56. The predicted molar refractivity (Wildman–Crippen MR) is 52.4 cm³/mol. The molecule has 0 N–H and O–H groups in total. The van der Waals surface area contributed by atoms with Crippen LogP contribution in [0.15, 0.2) is 36.7 Å². The van der Waals surface area contributed by atoms with Crippen LogP contribution in [-0.2, 0) is 11.2 Å². The minimum absolute atomic E-state index is 0.195. The second kappa shape index (κ2) is 4.55. The summed E-state index contributed by atoms with van der Waals surface area (Å²) < 4.78 is 0. The summed E-state index contributed by atoms with van der Waals surface area (Å²) in [6, 6.07) is 3.74. The minimum atomic E-state index is 0.195. The number of rotatable bonds is 4. The lowest BCUT2D eigenvalue weighted by Crippen LogP contribution is -2.02. The van der Waals surface area contributed by atoms with Crippen molar-refractivity contribution < 1.29 is 4.79 Å². The average molecular weight is 175 g/mol. The van der Waals surface area contributed by atoms with Gasteiger partial charge in [-0.3, -0.25) is 9.78 Å². The first-order valence-corrected chi connectivity index (χ1v) is 4.23. The normalized spacial score (nSPS) is 9.62. The van der Waals surface area contributed by atoms with E-state index in [4.69, 9.17) is 0 Å². The van der Waals surface area contributed by atoms with E-state index < -0.39 is 0 Å². The van der Waals surface area contributed by atoms with Gasteiger partial charge in [0.2, 0.25) is 0 Å². The Morgan fingerprint density at radius 2 is 2.38 bits per heavy atom. The lowest BCUT2D eigenvalue weighted by Gasteiger charge is -1.99. The number of pyridine rings is 1. The number of carbonyl (C=O) groups excluding carboxylic acids is 1. The Bertz CT molecular complexity index is 303. The summed E-state index contributed by atoms with van der Waals surface area (Å²) in [5.74, 6) is 0.195. The SMILES string of the molecule is C=C(C)CC(=O)Cc1cccnc1. The van der Waals surface area contributed by atoms with E-state index in [-0.39, 0.29) is 5.78 Å². The van der Waals surface area contributed by atoms with Gasteiger partial charge in [0, 0.05) is 25.2 Å². The molecule has 2 nitrogen and oxygen atoms in total. The van der Waals surface area contributed by atoms with E-state index in [1.165, 1.54) is 0 Å². The van der Waals surface area contributed by atoms with Crippen molar-refractivity contribution in [2.75, 3.05) is 0 Å². The number of allylic oxidation sites excluding steroid dienone is 1. The first-order chi connectivity index (χ1) is 6.18. The van der Waals surface area contributed by atoms with Crippen LogP contribution in [0.5, 0.6) is 0 Å². The Labute approximate surface area is 78.3 Å². The maximum atomic E-state index is 11.3. The molecule has 0 aliphatic rings. The zero-order chi connectivity index (χ0) is 9.68. The molecule has 0 unspecified atom stereocenters. The molecule has 1 aromatic rings. The zero-order valence-electron chi connectivity index (χ0n) is 7.79. The van der Waals surface area contributed by atoms with Crippen molar-refractivity contribution in [2.24, 2.45) is 0 Å². The van der Waals surface area contributed by atoms with Gasteiger partial charge in [-0.25, -0.2) is 0 Å². The molecule has 0 aliphatic carbocycles. The molecular weight excluding hydrogens is 162 g/mol. The van der Waals surface area contributed by atoms with Crippen LogP contribution >= 0.6 is 0 Å².